The minimum absolute atomic E-state index is 0.682. The van der Waals surface area contributed by atoms with Crippen molar-refractivity contribution in [2.24, 2.45) is 0 Å². The van der Waals surface area contributed by atoms with Crippen LogP contribution in [0.2, 0.25) is 0 Å². The Bertz CT molecular complexity index is 8470. The van der Waals surface area contributed by atoms with E-state index in [1.54, 1.807) is 24.8 Å². The van der Waals surface area contributed by atoms with Crippen LogP contribution in [0.15, 0.2) is 444 Å². The molecular weight excluding hydrogens is 1580 g/mol. The summed E-state index contributed by atoms with van der Waals surface area (Å²) in [6, 6.07) is 142. The molecule has 0 saturated heterocycles. The number of pyridine rings is 4. The van der Waals surface area contributed by atoms with Crippen molar-refractivity contribution >= 4 is 130 Å². The topological polar surface area (TPSA) is 144 Å². The van der Waals surface area contributed by atoms with Crippen LogP contribution in [0.1, 0.15) is 0 Å². The van der Waals surface area contributed by atoms with Gasteiger partial charge in [-0.2, -0.15) is 0 Å². The Morgan fingerprint density at radius 2 is 0.457 bits per heavy atom. The first-order chi connectivity index (χ1) is 63.9. The molecule has 10 heterocycles. The van der Waals surface area contributed by atoms with Crippen LogP contribution >= 0.6 is 0 Å². The van der Waals surface area contributed by atoms with Gasteiger partial charge in [0.1, 0.15) is 0 Å². The van der Waals surface area contributed by atoms with Crippen molar-refractivity contribution in [2.75, 3.05) is 0 Å². The summed E-state index contributed by atoms with van der Waals surface area (Å²) in [7, 11) is 0. The summed E-state index contributed by atoms with van der Waals surface area (Å²) in [5.41, 5.74) is 25.8. The van der Waals surface area contributed by atoms with E-state index in [-0.39, 0.29) is 0 Å². The van der Waals surface area contributed by atoms with Gasteiger partial charge in [-0.1, -0.05) is 212 Å². The molecule has 0 unspecified atom stereocenters. The van der Waals surface area contributed by atoms with Gasteiger partial charge in [-0.05, 0) is 226 Å². The maximum atomic E-state index is 5.14. The van der Waals surface area contributed by atoms with Crippen LogP contribution in [0, 0.1) is 0 Å². The Morgan fingerprint density at radius 1 is 0.171 bits per heavy atom. The Kier molecular flexibility index (Phi) is 18.6. The van der Waals surface area contributed by atoms with Crippen molar-refractivity contribution < 1.29 is 0 Å². The summed E-state index contributed by atoms with van der Waals surface area (Å²) in [5, 5.41) is 18.0. The van der Waals surface area contributed by atoms with Crippen LogP contribution in [0.25, 0.3) is 238 Å². The Hall–Kier alpha value is -17.7. The zero-order valence-electron chi connectivity index (χ0n) is 69.5. The Morgan fingerprint density at radius 3 is 0.822 bits per heavy atom. The van der Waals surface area contributed by atoms with E-state index in [0.717, 1.165) is 123 Å². The summed E-state index contributed by atoms with van der Waals surface area (Å²) in [6.45, 7) is 0. The van der Waals surface area contributed by atoms with Crippen molar-refractivity contribution in [3.05, 3.63) is 444 Å². The lowest BCUT2D eigenvalue weighted by Crippen LogP contribution is -1.97. The molecule has 0 radical (unpaired) electrons. The molecule has 129 heavy (non-hydrogen) atoms. The average molecular weight is 1650 g/mol. The standard InChI is InChI=1S/C41H26N4.C40H25N5.C35H22N4/c1-2-10-31-26-39-35(25-30(31)9-1)33-11-4-6-15-38(33)45(39)32-22-20-29(21-23-32)41-43-37-14-5-3-12-34(37)40(44-41)28-18-16-27(17-19-28)36-13-7-8-24-42-36;1-2-8-29-24-38-34(23-28(29)7-1)32-9-4-6-12-37(32)45(38)31-16-13-27(14-17-31)40-43-36-11-5-3-10-33(36)39(44-40)30-15-18-35(42-25-30)26-19-21-41-22-20-26;1-2-8-26-22-33-30(21-25(26)7-1)28-9-4-6-12-32(28)39(33)27-15-13-24(14-16-27)35-37-31-11-5-3-10-29(31)34(38-35)23-17-19-36-20-18-23/h1-26H;1-25H;1-22H. The minimum atomic E-state index is 0.682. The highest BCUT2D eigenvalue weighted by Crippen LogP contribution is 2.42. The van der Waals surface area contributed by atoms with Gasteiger partial charge in [0.2, 0.25) is 0 Å². The Labute approximate surface area is 740 Å². The number of rotatable bonds is 11. The molecule has 0 saturated carbocycles. The lowest BCUT2D eigenvalue weighted by atomic mass is 10.0. The molecule has 0 fully saturated rings. The van der Waals surface area contributed by atoms with Gasteiger partial charge in [-0.3, -0.25) is 19.9 Å². The van der Waals surface area contributed by atoms with E-state index >= 15 is 0 Å². The second-order valence-corrected chi connectivity index (χ2v) is 32.3. The SMILES string of the molecule is c1ccc(-c2ccc(-c3nc(-c4ccc(-n5c6ccccc6c6cc7ccccc7cc65)cc4)nc4ccccc34)cc2)nc1.c1ccc2cc3c(cc2c1)c1ccccc1n3-c1ccc(-c2nc(-c3ccc(-c4ccncc4)nc3)c3ccccc3n2)cc1.c1ccc2cc3c(cc2c1)c1ccccc1n3-c1ccc(-c2nc(-c3ccncc3)c3ccccc3n2)cc1. The van der Waals surface area contributed by atoms with Gasteiger partial charge in [0, 0.05) is 147 Å². The fourth-order valence-corrected chi connectivity index (χ4v) is 18.4. The van der Waals surface area contributed by atoms with Gasteiger partial charge in [-0.25, -0.2) is 29.9 Å². The van der Waals surface area contributed by atoms with Crippen molar-refractivity contribution in [2.45, 2.75) is 0 Å². The zero-order valence-corrected chi connectivity index (χ0v) is 69.5. The van der Waals surface area contributed by atoms with Crippen molar-refractivity contribution in [3.63, 3.8) is 0 Å². The number of aromatic nitrogens is 13. The molecule has 0 atom stereocenters. The third kappa shape index (κ3) is 13.7. The molecule has 16 aromatic carbocycles. The van der Waals surface area contributed by atoms with Gasteiger partial charge in [0.05, 0.1) is 78.1 Å². The quantitative estimate of drug-likeness (QED) is 0.123. The molecule has 13 heteroatoms. The maximum absolute atomic E-state index is 5.14. The van der Waals surface area contributed by atoms with E-state index in [1.165, 1.54) is 97.7 Å². The van der Waals surface area contributed by atoms with Crippen LogP contribution in [0.3, 0.4) is 0 Å². The van der Waals surface area contributed by atoms with Gasteiger partial charge in [0.15, 0.2) is 17.5 Å². The number of hydrogen-bond acceptors (Lipinski definition) is 10. The lowest BCUT2D eigenvalue weighted by molar-refractivity contribution is 1.17. The highest BCUT2D eigenvalue weighted by atomic mass is 15.0. The van der Waals surface area contributed by atoms with Crippen LogP contribution < -0.4 is 0 Å². The normalized spacial score (nSPS) is 11.6. The molecule has 0 bridgehead atoms. The molecule has 0 aliphatic carbocycles. The molecule has 0 aliphatic rings. The molecule has 10 aromatic heterocycles. The fourth-order valence-electron chi connectivity index (χ4n) is 18.4. The third-order valence-electron chi connectivity index (χ3n) is 24.7. The van der Waals surface area contributed by atoms with E-state index in [1.807, 2.05) is 109 Å². The highest BCUT2D eigenvalue weighted by molar-refractivity contribution is 6.17. The number of para-hydroxylation sites is 6. The van der Waals surface area contributed by atoms with Gasteiger partial charge < -0.3 is 13.7 Å². The second kappa shape index (κ2) is 31.9. The van der Waals surface area contributed by atoms with Crippen LogP contribution in [0.5, 0.6) is 0 Å². The minimum Gasteiger partial charge on any atom is -0.309 e. The number of fused-ring (bicyclic) bond motifs is 15. The summed E-state index contributed by atoms with van der Waals surface area (Å²) >= 11 is 0. The molecule has 26 rings (SSSR count). The van der Waals surface area contributed by atoms with E-state index in [0.29, 0.717) is 17.5 Å². The van der Waals surface area contributed by atoms with Crippen LogP contribution in [-0.4, -0.2) is 63.5 Å². The van der Waals surface area contributed by atoms with Crippen molar-refractivity contribution in [3.8, 4) is 108 Å². The van der Waals surface area contributed by atoms with E-state index < -0.39 is 0 Å². The molecular formula is C116H73N13. The summed E-state index contributed by atoms with van der Waals surface area (Å²) in [6.07, 6.45) is 10.9. The van der Waals surface area contributed by atoms with Gasteiger partial charge in [0.25, 0.3) is 0 Å². The van der Waals surface area contributed by atoms with Crippen LogP contribution in [-0.2, 0) is 0 Å². The smallest absolute Gasteiger partial charge is 0.160 e. The van der Waals surface area contributed by atoms with Gasteiger partial charge >= 0.3 is 0 Å². The first-order valence-electron chi connectivity index (χ1n) is 43.1. The largest absolute Gasteiger partial charge is 0.309 e. The zero-order chi connectivity index (χ0) is 85.2. The fraction of sp³-hybridized carbons (Fsp3) is 0. The van der Waals surface area contributed by atoms with Gasteiger partial charge in [-0.15, -0.1) is 0 Å². The Balaban J connectivity index is 0.000000108. The third-order valence-corrected chi connectivity index (χ3v) is 24.7. The summed E-state index contributed by atoms with van der Waals surface area (Å²) < 4.78 is 7.06. The molecule has 0 N–H and O–H groups in total. The van der Waals surface area contributed by atoms with E-state index in [4.69, 9.17) is 34.9 Å². The first kappa shape index (κ1) is 75.1. The second-order valence-electron chi connectivity index (χ2n) is 32.3. The number of benzene rings is 16. The predicted molar refractivity (Wildman–Crippen MR) is 529 cm³/mol. The summed E-state index contributed by atoms with van der Waals surface area (Å²) in [4.78, 5) is 47.7. The van der Waals surface area contributed by atoms with Crippen molar-refractivity contribution in [1.29, 1.82) is 0 Å². The first-order valence-corrected chi connectivity index (χ1v) is 43.1. The van der Waals surface area contributed by atoms with Crippen LogP contribution in [0.4, 0.5) is 0 Å². The summed E-state index contributed by atoms with van der Waals surface area (Å²) in [5.74, 6) is 2.10. The number of hydrogen-bond donors (Lipinski definition) is 0. The molecule has 602 valence electrons. The van der Waals surface area contributed by atoms with E-state index in [2.05, 4.69) is 338 Å². The molecule has 13 nitrogen and oxygen atoms in total. The maximum Gasteiger partial charge on any atom is 0.160 e. The van der Waals surface area contributed by atoms with Crippen molar-refractivity contribution in [1.82, 2.24) is 63.5 Å². The molecule has 0 spiro atoms. The van der Waals surface area contributed by atoms with E-state index in [9.17, 15) is 0 Å². The number of nitrogens with zero attached hydrogens (tertiary/aromatic N) is 13. The predicted octanol–water partition coefficient (Wildman–Crippen LogP) is 28.6. The monoisotopic (exact) mass is 1650 g/mol. The molecule has 0 amide bonds. The average Bonchev–Trinajstić information content (AvgIpc) is 1.59. The molecule has 0 aliphatic heterocycles. The molecule has 26 aromatic rings. The highest BCUT2D eigenvalue weighted by Gasteiger charge is 2.22. The lowest BCUT2D eigenvalue weighted by Gasteiger charge is -2.12.